The van der Waals surface area contributed by atoms with E-state index in [0.717, 1.165) is 5.56 Å². The molecule has 0 aromatic heterocycles. The number of para-hydroxylation sites is 1. The summed E-state index contributed by atoms with van der Waals surface area (Å²) in [6.45, 7) is 0.254. The summed E-state index contributed by atoms with van der Waals surface area (Å²) in [5.41, 5.74) is 7.20. The number of rotatable bonds is 7. The Morgan fingerprint density at radius 2 is 1.69 bits per heavy atom. The van der Waals surface area contributed by atoms with Gasteiger partial charge >= 0.3 is 6.36 Å². The van der Waals surface area contributed by atoms with Crippen molar-refractivity contribution in [1.82, 2.24) is 5.32 Å². The van der Waals surface area contributed by atoms with Crippen molar-refractivity contribution in [2.75, 3.05) is 6.54 Å². The molecular formula is C18H20ClF3N2O2. The van der Waals surface area contributed by atoms with Gasteiger partial charge in [0.15, 0.2) is 0 Å². The van der Waals surface area contributed by atoms with E-state index in [1.54, 1.807) is 6.07 Å². The zero-order valence-electron chi connectivity index (χ0n) is 13.8. The smallest absolute Gasteiger partial charge is 0.406 e. The highest BCUT2D eigenvalue weighted by atomic mass is 35.5. The van der Waals surface area contributed by atoms with Crippen LogP contribution in [0.2, 0.25) is 0 Å². The normalized spacial score (nSPS) is 12.0. The molecule has 1 unspecified atom stereocenters. The van der Waals surface area contributed by atoms with Crippen molar-refractivity contribution in [3.05, 3.63) is 65.7 Å². The quantitative estimate of drug-likeness (QED) is 0.759. The van der Waals surface area contributed by atoms with Gasteiger partial charge in [-0.05, 0) is 23.6 Å². The maximum atomic E-state index is 12.4. The van der Waals surface area contributed by atoms with Crippen LogP contribution in [0.5, 0.6) is 5.75 Å². The van der Waals surface area contributed by atoms with E-state index in [1.165, 1.54) is 18.2 Å². The van der Waals surface area contributed by atoms with Gasteiger partial charge in [0, 0.05) is 19.0 Å². The van der Waals surface area contributed by atoms with Crippen LogP contribution in [0.25, 0.3) is 0 Å². The lowest BCUT2D eigenvalue weighted by Gasteiger charge is -2.14. The number of hydrogen-bond acceptors (Lipinski definition) is 3. The molecule has 0 radical (unpaired) electrons. The molecule has 0 aliphatic carbocycles. The van der Waals surface area contributed by atoms with E-state index in [0.29, 0.717) is 5.56 Å². The molecule has 2 aromatic rings. The first-order valence-corrected chi connectivity index (χ1v) is 7.76. The van der Waals surface area contributed by atoms with Gasteiger partial charge in [0.2, 0.25) is 5.91 Å². The van der Waals surface area contributed by atoms with Gasteiger partial charge in [0.25, 0.3) is 0 Å². The van der Waals surface area contributed by atoms with Gasteiger partial charge < -0.3 is 15.8 Å². The fourth-order valence-electron chi connectivity index (χ4n) is 2.31. The predicted molar refractivity (Wildman–Crippen MR) is 95.1 cm³/mol. The van der Waals surface area contributed by atoms with E-state index < -0.39 is 6.36 Å². The average Bonchev–Trinajstić information content (AvgIpc) is 2.58. The molecule has 0 saturated heterocycles. The zero-order valence-corrected chi connectivity index (χ0v) is 14.6. The topological polar surface area (TPSA) is 64.3 Å². The number of aryl methyl sites for hydroxylation is 1. The Bertz CT molecular complexity index is 696. The highest BCUT2D eigenvalue weighted by Gasteiger charge is 2.31. The summed E-state index contributed by atoms with van der Waals surface area (Å²) in [4.78, 5) is 11.9. The molecule has 0 spiro atoms. The van der Waals surface area contributed by atoms with Gasteiger partial charge in [0.1, 0.15) is 5.75 Å². The molecule has 8 heteroatoms. The Hall–Kier alpha value is -2.25. The van der Waals surface area contributed by atoms with Crippen LogP contribution in [0.4, 0.5) is 13.2 Å². The summed E-state index contributed by atoms with van der Waals surface area (Å²) in [7, 11) is 0. The van der Waals surface area contributed by atoms with Crippen molar-refractivity contribution in [2.24, 2.45) is 5.73 Å². The molecule has 4 nitrogen and oxygen atoms in total. The molecule has 1 atom stereocenters. The number of halogens is 4. The molecule has 0 fully saturated rings. The second kappa shape index (κ2) is 10.0. The van der Waals surface area contributed by atoms with Crippen LogP contribution < -0.4 is 15.8 Å². The van der Waals surface area contributed by atoms with Crippen molar-refractivity contribution in [1.29, 1.82) is 0 Å². The van der Waals surface area contributed by atoms with Crippen molar-refractivity contribution in [3.8, 4) is 5.75 Å². The molecule has 1 amide bonds. The lowest BCUT2D eigenvalue weighted by molar-refractivity contribution is -0.274. The highest BCUT2D eigenvalue weighted by Crippen LogP contribution is 2.26. The van der Waals surface area contributed by atoms with Crippen molar-refractivity contribution in [3.63, 3.8) is 0 Å². The summed E-state index contributed by atoms with van der Waals surface area (Å²) in [5.74, 6) is -0.572. The fourth-order valence-corrected chi connectivity index (χ4v) is 2.31. The third-order valence-corrected chi connectivity index (χ3v) is 3.57. The third kappa shape index (κ3) is 7.33. The molecule has 0 bridgehead atoms. The summed E-state index contributed by atoms with van der Waals surface area (Å²) in [6.07, 6.45) is -4.58. The number of carbonyl (C=O) groups is 1. The van der Waals surface area contributed by atoms with Crippen molar-refractivity contribution < 1.29 is 22.7 Å². The van der Waals surface area contributed by atoms with E-state index >= 15 is 0 Å². The standard InChI is InChI=1S/C18H19F3N2O2.ClH/c19-18(20,21)25-16-9-5-4-8-14(16)10-11-17(24)23-12-15(22)13-6-2-1-3-7-13;/h1-9,15H,10-12,22H2,(H,23,24);1H. The Morgan fingerprint density at radius 3 is 2.35 bits per heavy atom. The lowest BCUT2D eigenvalue weighted by atomic mass is 10.1. The Kier molecular flexibility index (Phi) is 8.41. The lowest BCUT2D eigenvalue weighted by Crippen LogP contribution is -2.32. The SMILES string of the molecule is Cl.NC(CNC(=O)CCc1ccccc1OC(F)(F)F)c1ccccc1. The van der Waals surface area contributed by atoms with Crippen LogP contribution in [0.3, 0.4) is 0 Å². The maximum Gasteiger partial charge on any atom is 0.573 e. The third-order valence-electron chi connectivity index (χ3n) is 3.57. The maximum absolute atomic E-state index is 12.4. The Balaban J connectivity index is 0.00000338. The van der Waals surface area contributed by atoms with Crippen LogP contribution >= 0.6 is 12.4 Å². The summed E-state index contributed by atoms with van der Waals surface area (Å²) in [5, 5.41) is 2.69. The van der Waals surface area contributed by atoms with Crippen molar-refractivity contribution in [2.45, 2.75) is 25.2 Å². The van der Waals surface area contributed by atoms with Gasteiger partial charge in [-0.15, -0.1) is 25.6 Å². The van der Waals surface area contributed by atoms with Crippen LogP contribution in [0.1, 0.15) is 23.6 Å². The Labute approximate surface area is 155 Å². The molecular weight excluding hydrogens is 369 g/mol. The molecule has 0 aliphatic heterocycles. The molecule has 26 heavy (non-hydrogen) atoms. The number of nitrogens with two attached hydrogens (primary N) is 1. The highest BCUT2D eigenvalue weighted by molar-refractivity contribution is 5.85. The minimum Gasteiger partial charge on any atom is -0.406 e. The van der Waals surface area contributed by atoms with Gasteiger partial charge in [-0.2, -0.15) is 0 Å². The van der Waals surface area contributed by atoms with Crippen LogP contribution in [0, 0.1) is 0 Å². The molecule has 142 valence electrons. The van der Waals surface area contributed by atoms with Gasteiger partial charge in [-0.25, -0.2) is 0 Å². The van der Waals surface area contributed by atoms with Crippen molar-refractivity contribution >= 4 is 18.3 Å². The van der Waals surface area contributed by atoms with Crippen LogP contribution in [0.15, 0.2) is 54.6 Å². The first kappa shape index (κ1) is 21.8. The molecule has 3 N–H and O–H groups in total. The average molecular weight is 389 g/mol. The van der Waals surface area contributed by atoms with Gasteiger partial charge in [-0.1, -0.05) is 48.5 Å². The molecule has 0 aliphatic rings. The van der Waals surface area contributed by atoms with E-state index in [4.69, 9.17) is 5.73 Å². The largest absolute Gasteiger partial charge is 0.573 e. The van der Waals surface area contributed by atoms with Gasteiger partial charge in [0.05, 0.1) is 0 Å². The monoisotopic (exact) mass is 388 g/mol. The molecule has 2 aromatic carbocycles. The Morgan fingerprint density at radius 1 is 1.08 bits per heavy atom. The number of hydrogen-bond donors (Lipinski definition) is 2. The second-order valence-electron chi connectivity index (χ2n) is 5.48. The second-order valence-corrected chi connectivity index (χ2v) is 5.48. The minimum atomic E-state index is -4.76. The van der Waals surface area contributed by atoms with E-state index in [1.807, 2.05) is 30.3 Å². The zero-order chi connectivity index (χ0) is 18.3. The summed E-state index contributed by atoms with van der Waals surface area (Å²) in [6, 6.07) is 14.7. The number of ether oxygens (including phenoxy) is 1. The van der Waals surface area contributed by atoms with E-state index in [9.17, 15) is 18.0 Å². The first-order chi connectivity index (χ1) is 11.8. The van der Waals surface area contributed by atoms with E-state index in [2.05, 4.69) is 10.1 Å². The predicted octanol–water partition coefficient (Wildman–Crippen LogP) is 3.76. The molecule has 2 rings (SSSR count). The minimum absolute atomic E-state index is 0. The van der Waals surface area contributed by atoms with Crippen LogP contribution in [-0.4, -0.2) is 18.8 Å². The van der Waals surface area contributed by atoms with Crippen LogP contribution in [-0.2, 0) is 11.2 Å². The number of carbonyl (C=O) groups excluding carboxylic acids is 1. The number of nitrogens with one attached hydrogen (secondary N) is 1. The van der Waals surface area contributed by atoms with E-state index in [-0.39, 0.29) is 49.5 Å². The summed E-state index contributed by atoms with van der Waals surface area (Å²) < 4.78 is 41.1. The number of benzene rings is 2. The first-order valence-electron chi connectivity index (χ1n) is 7.76. The molecule has 0 heterocycles. The molecule has 0 saturated carbocycles. The number of amides is 1. The van der Waals surface area contributed by atoms with Gasteiger partial charge in [-0.3, -0.25) is 4.79 Å². The summed E-state index contributed by atoms with van der Waals surface area (Å²) >= 11 is 0. The number of alkyl halides is 3. The fraction of sp³-hybridized carbons (Fsp3) is 0.278.